The molecule has 0 aliphatic heterocycles. The van der Waals surface area contributed by atoms with Crippen molar-refractivity contribution in [1.29, 1.82) is 0 Å². The highest BCUT2D eigenvalue weighted by atomic mass is 16.3. The Balaban J connectivity index is 2.03. The smallest absolute Gasteiger partial charge is 0.176 e. The lowest BCUT2D eigenvalue weighted by Gasteiger charge is -2.23. The highest BCUT2D eigenvalue weighted by Gasteiger charge is 2.30. The predicted octanol–water partition coefficient (Wildman–Crippen LogP) is 2.40. The summed E-state index contributed by atoms with van der Waals surface area (Å²) < 4.78 is 0. The molecular weight excluding hydrogens is 242 g/mol. The van der Waals surface area contributed by atoms with Gasteiger partial charge in [-0.2, -0.15) is 0 Å². The van der Waals surface area contributed by atoms with Crippen molar-refractivity contribution in [3.63, 3.8) is 0 Å². The lowest BCUT2D eigenvalue weighted by molar-refractivity contribution is 0.0915. The lowest BCUT2D eigenvalue weighted by atomic mass is 10.1. The molecule has 2 rings (SSSR count). The van der Waals surface area contributed by atoms with Gasteiger partial charge in [-0.1, -0.05) is 13.8 Å². The number of nitrogens with zero attached hydrogens (tertiary/aromatic N) is 1. The third-order valence-corrected chi connectivity index (χ3v) is 3.31. The monoisotopic (exact) mass is 263 g/mol. The zero-order valence-corrected chi connectivity index (χ0v) is 11.5. The van der Waals surface area contributed by atoms with Crippen molar-refractivity contribution in [1.82, 2.24) is 4.90 Å². The topological polar surface area (TPSA) is 60.8 Å². The lowest BCUT2D eigenvalue weighted by Crippen LogP contribution is -2.34. The largest absolute Gasteiger partial charge is 0.504 e. The third-order valence-electron chi connectivity index (χ3n) is 3.31. The van der Waals surface area contributed by atoms with Crippen LogP contribution in [0.4, 0.5) is 0 Å². The van der Waals surface area contributed by atoms with Crippen LogP contribution >= 0.6 is 0 Å². The Bertz CT molecular complexity index is 466. The van der Waals surface area contributed by atoms with Gasteiger partial charge in [-0.3, -0.25) is 9.69 Å². The zero-order valence-electron chi connectivity index (χ0n) is 11.5. The number of ketones is 1. The van der Waals surface area contributed by atoms with E-state index in [1.807, 2.05) is 0 Å². The molecule has 0 bridgehead atoms. The molecule has 1 aromatic rings. The number of hydrogen-bond donors (Lipinski definition) is 2. The van der Waals surface area contributed by atoms with E-state index in [9.17, 15) is 15.0 Å². The van der Waals surface area contributed by atoms with E-state index in [0.29, 0.717) is 24.1 Å². The quantitative estimate of drug-likeness (QED) is 0.611. The van der Waals surface area contributed by atoms with Crippen molar-refractivity contribution >= 4 is 5.78 Å². The van der Waals surface area contributed by atoms with Crippen LogP contribution in [0.5, 0.6) is 11.5 Å². The fourth-order valence-corrected chi connectivity index (χ4v) is 2.22. The molecule has 0 unspecified atom stereocenters. The predicted molar refractivity (Wildman–Crippen MR) is 73.5 cm³/mol. The van der Waals surface area contributed by atoms with Gasteiger partial charge in [0.2, 0.25) is 0 Å². The fraction of sp³-hybridized carbons (Fsp3) is 0.533. The van der Waals surface area contributed by atoms with E-state index in [1.165, 1.54) is 25.0 Å². The molecule has 1 aliphatic rings. The van der Waals surface area contributed by atoms with Gasteiger partial charge < -0.3 is 10.2 Å². The molecule has 0 saturated heterocycles. The highest BCUT2D eigenvalue weighted by Crippen LogP contribution is 2.29. The number of aromatic hydroxyl groups is 2. The van der Waals surface area contributed by atoms with E-state index in [2.05, 4.69) is 18.7 Å². The summed E-state index contributed by atoms with van der Waals surface area (Å²) in [7, 11) is 0. The molecule has 1 saturated carbocycles. The van der Waals surface area contributed by atoms with Gasteiger partial charge in [-0.15, -0.1) is 0 Å². The van der Waals surface area contributed by atoms with Gasteiger partial charge in [0.25, 0.3) is 0 Å². The van der Waals surface area contributed by atoms with Gasteiger partial charge in [0.05, 0.1) is 6.54 Å². The van der Waals surface area contributed by atoms with Gasteiger partial charge in [-0.05, 0) is 37.0 Å². The summed E-state index contributed by atoms with van der Waals surface area (Å²) in [5.41, 5.74) is 0.449. The summed E-state index contributed by atoms with van der Waals surface area (Å²) in [6.45, 7) is 5.59. The average molecular weight is 263 g/mol. The minimum Gasteiger partial charge on any atom is -0.504 e. The molecule has 0 radical (unpaired) electrons. The van der Waals surface area contributed by atoms with E-state index in [1.54, 1.807) is 6.07 Å². The van der Waals surface area contributed by atoms with Crippen molar-refractivity contribution in [3.05, 3.63) is 23.8 Å². The number of benzene rings is 1. The minimum absolute atomic E-state index is 0.0112. The summed E-state index contributed by atoms with van der Waals surface area (Å²) >= 11 is 0. The van der Waals surface area contributed by atoms with Crippen molar-refractivity contribution < 1.29 is 15.0 Å². The van der Waals surface area contributed by atoms with E-state index >= 15 is 0 Å². The number of rotatable bonds is 6. The van der Waals surface area contributed by atoms with Crippen LogP contribution in [0.2, 0.25) is 0 Å². The summed E-state index contributed by atoms with van der Waals surface area (Å²) in [5, 5.41) is 18.7. The van der Waals surface area contributed by atoms with E-state index in [4.69, 9.17) is 0 Å². The van der Waals surface area contributed by atoms with Crippen LogP contribution in [0.25, 0.3) is 0 Å². The first-order valence-corrected chi connectivity index (χ1v) is 6.76. The summed E-state index contributed by atoms with van der Waals surface area (Å²) in [6.07, 6.45) is 2.33. The maximum atomic E-state index is 12.2. The molecule has 0 amide bonds. The van der Waals surface area contributed by atoms with Crippen LogP contribution in [-0.4, -0.2) is 40.0 Å². The van der Waals surface area contributed by atoms with Crippen LogP contribution in [-0.2, 0) is 0 Å². The molecule has 4 nitrogen and oxygen atoms in total. The Hall–Kier alpha value is -1.55. The van der Waals surface area contributed by atoms with E-state index in [-0.39, 0.29) is 17.3 Å². The Morgan fingerprint density at radius 1 is 1.32 bits per heavy atom. The van der Waals surface area contributed by atoms with E-state index < -0.39 is 0 Å². The van der Waals surface area contributed by atoms with E-state index in [0.717, 1.165) is 6.54 Å². The third kappa shape index (κ3) is 3.70. The molecule has 0 atom stereocenters. The molecular formula is C15H21NO3. The number of Topliss-reactive ketones (excluding diaryl/α,β-unsaturated/α-hetero) is 1. The highest BCUT2D eigenvalue weighted by molar-refractivity contribution is 5.98. The van der Waals surface area contributed by atoms with Gasteiger partial charge in [0, 0.05) is 18.2 Å². The second-order valence-electron chi connectivity index (χ2n) is 5.68. The molecule has 1 aromatic carbocycles. The summed E-state index contributed by atoms with van der Waals surface area (Å²) in [6, 6.07) is 4.78. The Kier molecular flexibility index (Phi) is 4.10. The summed E-state index contributed by atoms with van der Waals surface area (Å²) in [5.74, 6) is 0.0786. The second-order valence-corrected chi connectivity index (χ2v) is 5.68. The molecule has 0 spiro atoms. The average Bonchev–Trinajstić information content (AvgIpc) is 3.15. The second kappa shape index (κ2) is 5.61. The van der Waals surface area contributed by atoms with Crippen LogP contribution in [0.3, 0.4) is 0 Å². The van der Waals surface area contributed by atoms with Gasteiger partial charge in [-0.25, -0.2) is 0 Å². The van der Waals surface area contributed by atoms with Crippen LogP contribution < -0.4 is 0 Å². The number of phenols is 2. The van der Waals surface area contributed by atoms with Crippen molar-refractivity contribution in [2.24, 2.45) is 5.92 Å². The SMILES string of the molecule is CC(C)CN(CC(=O)c1ccc(O)c(O)c1)C1CC1. The molecule has 4 heteroatoms. The Morgan fingerprint density at radius 2 is 2.00 bits per heavy atom. The van der Waals surface area contributed by atoms with Crippen LogP contribution in [0.15, 0.2) is 18.2 Å². The summed E-state index contributed by atoms with van der Waals surface area (Å²) in [4.78, 5) is 14.4. The first kappa shape index (κ1) is 13.9. The molecule has 19 heavy (non-hydrogen) atoms. The maximum absolute atomic E-state index is 12.2. The van der Waals surface area contributed by atoms with Crippen molar-refractivity contribution in [2.45, 2.75) is 32.7 Å². The van der Waals surface area contributed by atoms with Gasteiger partial charge in [0.1, 0.15) is 0 Å². The first-order chi connectivity index (χ1) is 8.97. The molecule has 0 heterocycles. The minimum atomic E-state index is -0.243. The molecule has 2 N–H and O–H groups in total. The van der Waals surface area contributed by atoms with Crippen LogP contribution in [0.1, 0.15) is 37.0 Å². The van der Waals surface area contributed by atoms with Gasteiger partial charge in [0.15, 0.2) is 17.3 Å². The number of carbonyl (C=O) groups excluding carboxylic acids is 1. The molecule has 104 valence electrons. The van der Waals surface area contributed by atoms with Crippen LogP contribution in [0, 0.1) is 5.92 Å². The molecule has 1 aliphatic carbocycles. The maximum Gasteiger partial charge on any atom is 0.176 e. The zero-order chi connectivity index (χ0) is 14.0. The number of hydrogen-bond acceptors (Lipinski definition) is 4. The van der Waals surface area contributed by atoms with Crippen molar-refractivity contribution in [2.75, 3.05) is 13.1 Å². The molecule has 1 fully saturated rings. The first-order valence-electron chi connectivity index (χ1n) is 6.76. The van der Waals surface area contributed by atoms with Crippen molar-refractivity contribution in [3.8, 4) is 11.5 Å². The Labute approximate surface area is 113 Å². The Morgan fingerprint density at radius 3 is 2.53 bits per heavy atom. The normalized spacial score (nSPS) is 15.2. The molecule has 0 aromatic heterocycles. The fourth-order valence-electron chi connectivity index (χ4n) is 2.22. The number of carbonyl (C=O) groups is 1. The number of phenolic OH excluding ortho intramolecular Hbond substituents is 2. The van der Waals surface area contributed by atoms with Gasteiger partial charge >= 0.3 is 0 Å². The standard InChI is InChI=1S/C15H21NO3/c1-10(2)8-16(12-4-5-12)9-15(19)11-3-6-13(17)14(18)7-11/h3,6-7,10,12,17-18H,4-5,8-9H2,1-2H3.